The largest absolute Gasteiger partial charge is 0.466 e. The molecule has 1 saturated heterocycles. The third kappa shape index (κ3) is 3.96. The number of aryl methyl sites for hydroxylation is 2. The van der Waals surface area contributed by atoms with Crippen LogP contribution in [0.5, 0.6) is 0 Å². The molecule has 0 saturated carbocycles. The lowest BCUT2D eigenvalue weighted by molar-refractivity contribution is -0.162. The summed E-state index contributed by atoms with van der Waals surface area (Å²) in [6, 6.07) is 11.2. The normalized spacial score (nSPS) is 20.3. The van der Waals surface area contributed by atoms with Gasteiger partial charge in [0.15, 0.2) is 6.10 Å². The second-order valence-electron chi connectivity index (χ2n) is 6.65. The van der Waals surface area contributed by atoms with Gasteiger partial charge >= 0.3 is 0 Å². The number of benzene rings is 1. The SMILES string of the molecule is Cc1ccc(C2C(C(=O)NCCc3ccc(C)o3)OCC(=O)N2C)cc1. The van der Waals surface area contributed by atoms with E-state index in [1.807, 2.05) is 50.2 Å². The first kappa shape index (κ1) is 18.2. The molecule has 0 bridgehead atoms. The highest BCUT2D eigenvalue weighted by Crippen LogP contribution is 2.29. The predicted molar refractivity (Wildman–Crippen MR) is 96.6 cm³/mol. The Morgan fingerprint density at radius 1 is 1.19 bits per heavy atom. The Hall–Kier alpha value is -2.60. The molecule has 1 aliphatic rings. The van der Waals surface area contributed by atoms with Gasteiger partial charge in [0, 0.05) is 20.0 Å². The molecule has 1 aromatic carbocycles. The molecule has 2 amide bonds. The van der Waals surface area contributed by atoms with Gasteiger partial charge in [0.25, 0.3) is 5.91 Å². The van der Waals surface area contributed by atoms with E-state index >= 15 is 0 Å². The lowest BCUT2D eigenvalue weighted by atomic mass is 9.96. The van der Waals surface area contributed by atoms with Crippen molar-refractivity contribution < 1.29 is 18.7 Å². The minimum Gasteiger partial charge on any atom is -0.466 e. The first-order chi connectivity index (χ1) is 12.5. The molecule has 26 heavy (non-hydrogen) atoms. The van der Waals surface area contributed by atoms with Gasteiger partial charge in [-0.25, -0.2) is 0 Å². The Morgan fingerprint density at radius 2 is 1.92 bits per heavy atom. The fourth-order valence-electron chi connectivity index (χ4n) is 3.12. The van der Waals surface area contributed by atoms with Crippen molar-refractivity contribution in [3.8, 4) is 0 Å². The van der Waals surface area contributed by atoms with E-state index in [0.29, 0.717) is 13.0 Å². The molecular weight excluding hydrogens is 332 g/mol. The minimum atomic E-state index is -0.737. The lowest BCUT2D eigenvalue weighted by Crippen LogP contribution is -2.53. The van der Waals surface area contributed by atoms with E-state index in [1.165, 1.54) is 0 Å². The number of ether oxygens (including phenoxy) is 1. The van der Waals surface area contributed by atoms with E-state index in [4.69, 9.17) is 9.15 Å². The van der Waals surface area contributed by atoms with Crippen LogP contribution in [0.25, 0.3) is 0 Å². The fourth-order valence-corrected chi connectivity index (χ4v) is 3.12. The first-order valence-electron chi connectivity index (χ1n) is 8.72. The zero-order valence-corrected chi connectivity index (χ0v) is 15.3. The number of carbonyl (C=O) groups is 2. The number of carbonyl (C=O) groups excluding carboxylic acids is 2. The summed E-state index contributed by atoms with van der Waals surface area (Å²) in [6.45, 7) is 4.24. The Kier molecular flexibility index (Phi) is 5.42. The van der Waals surface area contributed by atoms with E-state index in [-0.39, 0.29) is 18.4 Å². The summed E-state index contributed by atoms with van der Waals surface area (Å²) >= 11 is 0. The van der Waals surface area contributed by atoms with Crippen molar-refractivity contribution in [2.24, 2.45) is 0 Å². The van der Waals surface area contributed by atoms with Gasteiger partial charge in [-0.1, -0.05) is 29.8 Å². The summed E-state index contributed by atoms with van der Waals surface area (Å²) in [6.07, 6.45) is -0.130. The number of hydrogen-bond donors (Lipinski definition) is 1. The van der Waals surface area contributed by atoms with Crippen LogP contribution >= 0.6 is 0 Å². The molecule has 6 nitrogen and oxygen atoms in total. The molecule has 138 valence electrons. The maximum atomic E-state index is 12.7. The van der Waals surface area contributed by atoms with Crippen LogP contribution in [-0.4, -0.2) is 43.0 Å². The summed E-state index contributed by atoms with van der Waals surface area (Å²) in [5.74, 6) is 1.32. The van der Waals surface area contributed by atoms with Crippen LogP contribution in [0, 0.1) is 13.8 Å². The van der Waals surface area contributed by atoms with Gasteiger partial charge in [0.2, 0.25) is 5.91 Å². The molecule has 2 heterocycles. The number of nitrogens with zero attached hydrogens (tertiary/aromatic N) is 1. The van der Waals surface area contributed by atoms with Crippen molar-refractivity contribution in [2.75, 3.05) is 20.2 Å². The van der Waals surface area contributed by atoms with Gasteiger partial charge in [-0.15, -0.1) is 0 Å². The van der Waals surface area contributed by atoms with E-state index in [2.05, 4.69) is 5.32 Å². The van der Waals surface area contributed by atoms with E-state index in [1.54, 1.807) is 11.9 Å². The highest BCUT2D eigenvalue weighted by atomic mass is 16.5. The fraction of sp³-hybridized carbons (Fsp3) is 0.400. The first-order valence-corrected chi connectivity index (χ1v) is 8.72. The van der Waals surface area contributed by atoms with Crippen LogP contribution < -0.4 is 5.32 Å². The Morgan fingerprint density at radius 3 is 2.58 bits per heavy atom. The van der Waals surface area contributed by atoms with Crippen molar-refractivity contribution in [3.05, 3.63) is 59.0 Å². The number of likely N-dealkylation sites (N-methyl/N-ethyl adjacent to an activating group) is 1. The molecule has 0 aliphatic carbocycles. The molecular formula is C20H24N2O4. The molecule has 0 radical (unpaired) electrons. The maximum absolute atomic E-state index is 12.7. The van der Waals surface area contributed by atoms with Crippen molar-refractivity contribution in [1.29, 1.82) is 0 Å². The number of morpholine rings is 1. The quantitative estimate of drug-likeness (QED) is 0.891. The van der Waals surface area contributed by atoms with Crippen molar-refractivity contribution in [3.63, 3.8) is 0 Å². The lowest BCUT2D eigenvalue weighted by Gasteiger charge is -2.38. The van der Waals surface area contributed by atoms with Crippen LogP contribution in [-0.2, 0) is 20.7 Å². The second kappa shape index (κ2) is 7.74. The number of amides is 2. The van der Waals surface area contributed by atoms with Gasteiger partial charge < -0.3 is 19.4 Å². The second-order valence-corrected chi connectivity index (χ2v) is 6.65. The summed E-state index contributed by atoms with van der Waals surface area (Å²) in [4.78, 5) is 26.4. The topological polar surface area (TPSA) is 71.8 Å². The summed E-state index contributed by atoms with van der Waals surface area (Å²) in [5.41, 5.74) is 2.00. The molecule has 6 heteroatoms. The van der Waals surface area contributed by atoms with Crippen LogP contribution in [0.3, 0.4) is 0 Å². The maximum Gasteiger partial charge on any atom is 0.251 e. The van der Waals surface area contributed by atoms with Crippen molar-refractivity contribution in [1.82, 2.24) is 10.2 Å². The van der Waals surface area contributed by atoms with Gasteiger partial charge in [0.1, 0.15) is 18.1 Å². The van der Waals surface area contributed by atoms with E-state index in [0.717, 1.165) is 22.6 Å². The molecule has 2 unspecified atom stereocenters. The number of furan rings is 1. The van der Waals surface area contributed by atoms with E-state index < -0.39 is 12.1 Å². The van der Waals surface area contributed by atoms with Gasteiger partial charge in [0.05, 0.1) is 6.04 Å². The average Bonchev–Trinajstić information content (AvgIpc) is 3.03. The molecule has 1 N–H and O–H groups in total. The average molecular weight is 356 g/mol. The van der Waals surface area contributed by atoms with Crippen LogP contribution in [0.15, 0.2) is 40.8 Å². The number of hydrogen-bond acceptors (Lipinski definition) is 4. The zero-order valence-electron chi connectivity index (χ0n) is 15.3. The molecule has 0 spiro atoms. The Balaban J connectivity index is 1.69. The minimum absolute atomic E-state index is 0.0890. The molecule has 2 atom stereocenters. The highest BCUT2D eigenvalue weighted by molar-refractivity contribution is 5.86. The van der Waals surface area contributed by atoms with Crippen molar-refractivity contribution >= 4 is 11.8 Å². The summed E-state index contributed by atoms with van der Waals surface area (Å²) in [5, 5.41) is 2.89. The van der Waals surface area contributed by atoms with Crippen LogP contribution in [0.4, 0.5) is 0 Å². The Bertz CT molecular complexity index is 781. The van der Waals surface area contributed by atoms with Gasteiger partial charge in [-0.3, -0.25) is 9.59 Å². The highest BCUT2D eigenvalue weighted by Gasteiger charge is 2.39. The molecule has 3 rings (SSSR count). The van der Waals surface area contributed by atoms with Gasteiger partial charge in [-0.05, 0) is 31.5 Å². The predicted octanol–water partition coefficient (Wildman–Crippen LogP) is 2.15. The molecule has 2 aromatic rings. The third-order valence-corrected chi connectivity index (χ3v) is 4.63. The summed E-state index contributed by atoms with van der Waals surface area (Å²) < 4.78 is 11.1. The zero-order chi connectivity index (χ0) is 18.7. The molecule has 1 aliphatic heterocycles. The van der Waals surface area contributed by atoms with Crippen LogP contribution in [0.1, 0.15) is 28.7 Å². The van der Waals surface area contributed by atoms with E-state index in [9.17, 15) is 9.59 Å². The number of nitrogens with one attached hydrogen (secondary N) is 1. The monoisotopic (exact) mass is 356 g/mol. The Labute approximate surface area is 153 Å². The smallest absolute Gasteiger partial charge is 0.251 e. The standard InChI is InChI=1S/C20H24N2O4/c1-13-4-7-15(8-5-13)18-19(25-12-17(23)22(18)3)20(24)21-11-10-16-9-6-14(2)26-16/h4-9,18-19H,10-12H2,1-3H3,(H,21,24). The third-order valence-electron chi connectivity index (χ3n) is 4.63. The molecule has 1 fully saturated rings. The van der Waals surface area contributed by atoms with Crippen LogP contribution in [0.2, 0.25) is 0 Å². The molecule has 1 aromatic heterocycles. The summed E-state index contributed by atoms with van der Waals surface area (Å²) in [7, 11) is 1.71. The number of rotatable bonds is 5. The van der Waals surface area contributed by atoms with Crippen molar-refractivity contribution in [2.45, 2.75) is 32.4 Å². The van der Waals surface area contributed by atoms with Gasteiger partial charge in [-0.2, -0.15) is 0 Å².